The highest BCUT2D eigenvalue weighted by Gasteiger charge is 2.67. The monoisotopic (exact) mass is 397 g/mol. The molecule has 1 amide bonds. The molecule has 1 unspecified atom stereocenters. The summed E-state index contributed by atoms with van der Waals surface area (Å²) in [6.45, 7) is 10.4. The number of ether oxygens (including phenoxy) is 1. The van der Waals surface area contributed by atoms with Crippen LogP contribution in [0.5, 0.6) is 5.75 Å². The van der Waals surface area contributed by atoms with Gasteiger partial charge in [0.25, 0.3) is 0 Å². The molecule has 0 radical (unpaired) electrons. The maximum Gasteiger partial charge on any atom is 0.228 e. The summed E-state index contributed by atoms with van der Waals surface area (Å²) in [6.07, 6.45) is 5.29. The van der Waals surface area contributed by atoms with Crippen molar-refractivity contribution >= 4 is 17.3 Å². The van der Waals surface area contributed by atoms with Gasteiger partial charge in [-0.15, -0.1) is 0 Å². The van der Waals surface area contributed by atoms with Gasteiger partial charge in [0, 0.05) is 43.9 Å². The van der Waals surface area contributed by atoms with Crippen molar-refractivity contribution in [2.45, 2.75) is 39.5 Å². The molecule has 29 heavy (non-hydrogen) atoms. The molecule has 1 aromatic rings. The quantitative estimate of drug-likeness (QED) is 0.759. The van der Waals surface area contributed by atoms with Crippen molar-refractivity contribution in [3.63, 3.8) is 0 Å². The first-order valence-electron chi connectivity index (χ1n) is 11.7. The number of nitrogens with one attached hydrogen (secondary N) is 1. The van der Waals surface area contributed by atoms with Crippen LogP contribution < -0.4 is 15.0 Å². The molecule has 0 aromatic heterocycles. The predicted molar refractivity (Wildman–Crippen MR) is 116 cm³/mol. The molecule has 1 saturated heterocycles. The summed E-state index contributed by atoms with van der Waals surface area (Å²) in [6, 6.07) is 6.31. The molecular formula is C24H35N3O2. The Morgan fingerprint density at radius 2 is 1.83 bits per heavy atom. The van der Waals surface area contributed by atoms with Gasteiger partial charge in [-0.1, -0.05) is 6.92 Å². The van der Waals surface area contributed by atoms with Crippen LogP contribution in [0.1, 0.15) is 39.5 Å². The average molecular weight is 398 g/mol. The van der Waals surface area contributed by atoms with Gasteiger partial charge in [-0.2, -0.15) is 0 Å². The second-order valence-electron chi connectivity index (χ2n) is 9.45. The number of anilines is 2. The van der Waals surface area contributed by atoms with Crippen molar-refractivity contribution in [3.8, 4) is 5.75 Å². The first-order valence-corrected chi connectivity index (χ1v) is 11.7. The highest BCUT2D eigenvalue weighted by Crippen LogP contribution is 2.69. The second kappa shape index (κ2) is 7.82. The van der Waals surface area contributed by atoms with Crippen LogP contribution in [0.2, 0.25) is 0 Å². The van der Waals surface area contributed by atoms with E-state index in [1.807, 2.05) is 13.0 Å². The number of rotatable bonds is 7. The number of fused-ring (bicyclic) bond motifs is 5. The summed E-state index contributed by atoms with van der Waals surface area (Å²) >= 11 is 0. The zero-order chi connectivity index (χ0) is 20.0. The van der Waals surface area contributed by atoms with E-state index in [-0.39, 0.29) is 11.8 Å². The van der Waals surface area contributed by atoms with Crippen molar-refractivity contribution in [1.82, 2.24) is 4.90 Å². The third kappa shape index (κ3) is 3.52. The van der Waals surface area contributed by atoms with Crippen molar-refractivity contribution in [2.24, 2.45) is 29.6 Å². The van der Waals surface area contributed by atoms with Crippen LogP contribution in [0.15, 0.2) is 18.2 Å². The minimum atomic E-state index is 0.221. The van der Waals surface area contributed by atoms with Gasteiger partial charge >= 0.3 is 0 Å². The van der Waals surface area contributed by atoms with Crippen LogP contribution in [-0.2, 0) is 4.79 Å². The SMILES string of the molecule is CCCN1CCN(c2ccc(NC(=O)C3[C@@H]4[C@H]5CC[C@@H](C5)[C@H]34)c(OCC)c2)CC1. The lowest BCUT2D eigenvalue weighted by atomic mass is 10.0. The summed E-state index contributed by atoms with van der Waals surface area (Å²) in [7, 11) is 0. The molecule has 1 heterocycles. The van der Waals surface area contributed by atoms with E-state index >= 15 is 0 Å². The molecule has 5 heteroatoms. The third-order valence-electron chi connectivity index (χ3n) is 7.84. The maximum absolute atomic E-state index is 13.0. The third-order valence-corrected chi connectivity index (χ3v) is 7.84. The summed E-state index contributed by atoms with van der Waals surface area (Å²) in [5.74, 6) is 4.26. The Kier molecular flexibility index (Phi) is 5.19. The standard InChI is InChI=1S/C24H35N3O2/c1-3-9-26-10-12-27(13-11-26)18-7-8-19(20(15-18)29-4-2)25-24(28)23-21-16-5-6-17(14-16)22(21)23/h7-8,15-17,21-23H,3-6,9-14H2,1-2H3,(H,25,28)/t16-,17-,21-,22+,23?/m0/s1. The van der Waals surface area contributed by atoms with Crippen molar-refractivity contribution in [2.75, 3.05) is 49.5 Å². The number of hydrogen-bond donors (Lipinski definition) is 1. The zero-order valence-electron chi connectivity index (χ0n) is 17.9. The van der Waals surface area contributed by atoms with Gasteiger partial charge < -0.3 is 15.0 Å². The summed E-state index contributed by atoms with van der Waals surface area (Å²) in [5, 5.41) is 3.22. The molecule has 1 N–H and O–H groups in total. The van der Waals surface area contributed by atoms with Crippen molar-refractivity contribution in [1.29, 1.82) is 0 Å². The molecule has 4 fully saturated rings. The Balaban J connectivity index is 1.25. The molecule has 1 aromatic carbocycles. The van der Waals surface area contributed by atoms with Crippen LogP contribution >= 0.6 is 0 Å². The van der Waals surface area contributed by atoms with Gasteiger partial charge in [-0.3, -0.25) is 9.69 Å². The highest BCUT2D eigenvalue weighted by atomic mass is 16.5. The molecule has 158 valence electrons. The topological polar surface area (TPSA) is 44.8 Å². The lowest BCUT2D eigenvalue weighted by Gasteiger charge is -2.36. The average Bonchev–Trinajstić information content (AvgIpc) is 3.18. The fraction of sp³-hybridized carbons (Fsp3) is 0.708. The summed E-state index contributed by atoms with van der Waals surface area (Å²) in [5.41, 5.74) is 2.03. The Morgan fingerprint density at radius 1 is 1.10 bits per heavy atom. The van der Waals surface area contributed by atoms with E-state index in [0.29, 0.717) is 18.4 Å². The molecule has 0 spiro atoms. The molecule has 5 atom stereocenters. The molecule has 5 rings (SSSR count). The molecule has 3 saturated carbocycles. The minimum absolute atomic E-state index is 0.221. The smallest absolute Gasteiger partial charge is 0.228 e. The number of hydrogen-bond acceptors (Lipinski definition) is 4. The number of carbonyl (C=O) groups excluding carboxylic acids is 1. The van der Waals surface area contributed by atoms with E-state index in [9.17, 15) is 4.79 Å². The Labute approximate surface area is 174 Å². The van der Waals surface area contributed by atoms with Gasteiger partial charge in [-0.25, -0.2) is 0 Å². The van der Waals surface area contributed by atoms with Crippen LogP contribution in [0.4, 0.5) is 11.4 Å². The molecule has 3 aliphatic carbocycles. The Hall–Kier alpha value is -1.75. The first kappa shape index (κ1) is 19.2. The Morgan fingerprint density at radius 3 is 2.48 bits per heavy atom. The fourth-order valence-electron chi connectivity index (χ4n) is 6.52. The van der Waals surface area contributed by atoms with Crippen LogP contribution in [0.3, 0.4) is 0 Å². The molecule has 2 bridgehead atoms. The largest absolute Gasteiger partial charge is 0.492 e. The normalized spacial score (nSPS) is 32.9. The van der Waals surface area contributed by atoms with Crippen LogP contribution in [-0.4, -0.2) is 50.1 Å². The molecule has 4 aliphatic rings. The number of carbonyl (C=O) groups is 1. The van der Waals surface area contributed by atoms with E-state index < -0.39 is 0 Å². The zero-order valence-corrected chi connectivity index (χ0v) is 17.9. The van der Waals surface area contributed by atoms with Crippen molar-refractivity contribution in [3.05, 3.63) is 18.2 Å². The maximum atomic E-state index is 13.0. The number of benzene rings is 1. The van der Waals surface area contributed by atoms with E-state index in [4.69, 9.17) is 4.74 Å². The second-order valence-corrected chi connectivity index (χ2v) is 9.45. The van der Waals surface area contributed by atoms with Crippen LogP contribution in [0.25, 0.3) is 0 Å². The number of nitrogens with zero attached hydrogens (tertiary/aromatic N) is 2. The van der Waals surface area contributed by atoms with Gasteiger partial charge in [0.05, 0.1) is 12.3 Å². The van der Waals surface area contributed by atoms with E-state index in [1.165, 1.54) is 37.9 Å². The predicted octanol–water partition coefficient (Wildman–Crippen LogP) is 3.85. The van der Waals surface area contributed by atoms with Gasteiger partial charge in [0.2, 0.25) is 5.91 Å². The molecule has 5 nitrogen and oxygen atoms in total. The van der Waals surface area contributed by atoms with Gasteiger partial charge in [-0.05, 0) is 75.0 Å². The van der Waals surface area contributed by atoms with E-state index in [2.05, 4.69) is 34.2 Å². The lowest BCUT2D eigenvalue weighted by Crippen LogP contribution is -2.46. The number of amides is 1. The van der Waals surface area contributed by atoms with Crippen molar-refractivity contribution < 1.29 is 9.53 Å². The summed E-state index contributed by atoms with van der Waals surface area (Å²) in [4.78, 5) is 17.9. The highest BCUT2D eigenvalue weighted by molar-refractivity contribution is 5.96. The van der Waals surface area contributed by atoms with E-state index in [1.54, 1.807) is 0 Å². The lowest BCUT2D eigenvalue weighted by molar-refractivity contribution is -0.118. The first-order chi connectivity index (χ1) is 14.2. The molecule has 1 aliphatic heterocycles. The van der Waals surface area contributed by atoms with Gasteiger partial charge in [0.1, 0.15) is 5.75 Å². The fourth-order valence-corrected chi connectivity index (χ4v) is 6.52. The minimum Gasteiger partial charge on any atom is -0.492 e. The number of piperazine rings is 1. The Bertz CT molecular complexity index is 742. The van der Waals surface area contributed by atoms with Crippen LogP contribution in [0, 0.1) is 29.6 Å². The van der Waals surface area contributed by atoms with E-state index in [0.717, 1.165) is 49.5 Å². The summed E-state index contributed by atoms with van der Waals surface area (Å²) < 4.78 is 5.93. The molecular weight excluding hydrogens is 362 g/mol. The van der Waals surface area contributed by atoms with Gasteiger partial charge in [0.15, 0.2) is 0 Å².